The van der Waals surface area contributed by atoms with Crippen LogP contribution in [-0.4, -0.2) is 23.9 Å². The number of nitrogens with one attached hydrogen (secondary N) is 2. The van der Waals surface area contributed by atoms with E-state index in [4.69, 9.17) is 0 Å². The van der Waals surface area contributed by atoms with Crippen LogP contribution in [0.2, 0.25) is 0 Å². The lowest BCUT2D eigenvalue weighted by atomic mass is 9.49. The molecule has 9 rings (SSSR count). The maximum absolute atomic E-state index is 13.5. The Hall–Kier alpha value is -1.32. The van der Waals surface area contributed by atoms with Crippen LogP contribution in [-0.2, 0) is 9.59 Å². The normalized spacial score (nSPS) is 52.2. The van der Waals surface area contributed by atoms with Gasteiger partial charge in [0.25, 0.3) is 0 Å². The highest BCUT2D eigenvalue weighted by molar-refractivity contribution is 5.84. The average molecular weight is 437 g/mol. The highest BCUT2D eigenvalue weighted by atomic mass is 16.2. The Morgan fingerprint density at radius 1 is 0.594 bits per heavy atom. The first kappa shape index (κ1) is 20.1. The summed E-state index contributed by atoms with van der Waals surface area (Å²) in [6, 6.07) is 0.244. The van der Waals surface area contributed by atoms with Crippen LogP contribution in [0.4, 0.5) is 0 Å². The van der Waals surface area contributed by atoms with Crippen LogP contribution in [0.5, 0.6) is 0 Å². The molecule has 9 aliphatic carbocycles. The molecule has 2 atom stereocenters. The summed E-state index contributed by atoms with van der Waals surface area (Å²) in [5.74, 6) is 5.42. The maximum Gasteiger partial charge on any atom is 0.226 e. The molecule has 0 spiro atoms. The Morgan fingerprint density at radius 3 is 1.44 bits per heavy atom. The number of amides is 2. The number of carbonyl (C=O) groups excluding carboxylic acids is 2. The van der Waals surface area contributed by atoms with Crippen LogP contribution >= 0.6 is 0 Å². The van der Waals surface area contributed by atoms with Crippen molar-refractivity contribution in [3.8, 4) is 0 Å². The third-order valence-electron chi connectivity index (χ3n) is 11.0. The van der Waals surface area contributed by atoms with Gasteiger partial charge in [0, 0.05) is 22.9 Å². The Morgan fingerprint density at radius 2 is 1.00 bits per heavy atom. The van der Waals surface area contributed by atoms with E-state index >= 15 is 0 Å². The predicted octanol–water partition coefficient (Wildman–Crippen LogP) is 4.74. The van der Waals surface area contributed by atoms with E-state index in [9.17, 15) is 9.59 Å². The zero-order chi connectivity index (χ0) is 21.5. The Bertz CT molecular complexity index is 774. The zero-order valence-electron chi connectivity index (χ0n) is 19.5. The monoisotopic (exact) mass is 436 g/mol. The molecule has 0 aromatic heterocycles. The molecule has 4 heteroatoms. The van der Waals surface area contributed by atoms with Gasteiger partial charge in [-0.25, -0.2) is 0 Å². The minimum Gasteiger partial charge on any atom is -0.352 e. The van der Waals surface area contributed by atoms with Gasteiger partial charge in [-0.05, 0) is 125 Å². The van der Waals surface area contributed by atoms with Gasteiger partial charge >= 0.3 is 0 Å². The van der Waals surface area contributed by atoms with Crippen molar-refractivity contribution in [2.45, 2.75) is 102 Å². The van der Waals surface area contributed by atoms with E-state index < -0.39 is 0 Å². The quantitative estimate of drug-likeness (QED) is 0.626. The molecule has 8 bridgehead atoms. The van der Waals surface area contributed by atoms with E-state index in [0.29, 0.717) is 11.8 Å². The standard InChI is InChI=1S/C28H40N2O2/c31-25(27-11-17-4-18(12-27)6-19(5-17)13-27)29-23-2-1-3-24(10-23)30-26(32)28-14-20-7-21(15-28)9-22(8-20)16-28/h1-2,17-24H,3-16H2,(H,29,31)(H,30,32). The van der Waals surface area contributed by atoms with Crippen LogP contribution in [0.1, 0.15) is 89.9 Å². The van der Waals surface area contributed by atoms with Crippen molar-refractivity contribution in [1.29, 1.82) is 0 Å². The second kappa shape index (κ2) is 7.09. The van der Waals surface area contributed by atoms with Crippen LogP contribution < -0.4 is 10.6 Å². The maximum atomic E-state index is 13.5. The summed E-state index contributed by atoms with van der Waals surface area (Å²) in [7, 11) is 0. The minimum atomic E-state index is -0.0853. The molecule has 0 aromatic rings. The van der Waals surface area contributed by atoms with Crippen molar-refractivity contribution in [3.05, 3.63) is 12.2 Å². The van der Waals surface area contributed by atoms with Gasteiger partial charge in [-0.2, -0.15) is 0 Å². The molecule has 0 heterocycles. The van der Waals surface area contributed by atoms with Gasteiger partial charge in [0.1, 0.15) is 0 Å². The second-order valence-corrected chi connectivity index (χ2v) is 13.5. The Balaban J connectivity index is 0.993. The molecule has 2 unspecified atom stereocenters. The summed E-state index contributed by atoms with van der Waals surface area (Å²) >= 11 is 0. The summed E-state index contributed by atoms with van der Waals surface area (Å²) < 4.78 is 0. The molecule has 8 fully saturated rings. The van der Waals surface area contributed by atoms with Crippen molar-refractivity contribution in [3.63, 3.8) is 0 Å². The van der Waals surface area contributed by atoms with E-state index in [0.717, 1.165) is 86.9 Å². The molecule has 174 valence electrons. The molecular weight excluding hydrogens is 396 g/mol. The van der Waals surface area contributed by atoms with Crippen molar-refractivity contribution >= 4 is 11.8 Å². The predicted molar refractivity (Wildman–Crippen MR) is 123 cm³/mol. The summed E-state index contributed by atoms with van der Waals surface area (Å²) in [5.41, 5.74) is -0.161. The van der Waals surface area contributed by atoms with E-state index in [1.807, 2.05) is 0 Å². The first-order chi connectivity index (χ1) is 15.5. The minimum absolute atomic E-state index is 0.0749. The van der Waals surface area contributed by atoms with Gasteiger partial charge in [-0.1, -0.05) is 12.2 Å². The summed E-state index contributed by atoms with van der Waals surface area (Å²) in [4.78, 5) is 27.0. The first-order valence-corrected chi connectivity index (χ1v) is 13.8. The van der Waals surface area contributed by atoms with Crippen LogP contribution in [0, 0.1) is 46.3 Å². The summed E-state index contributed by atoms with van der Waals surface area (Å²) in [6.07, 6.45) is 21.1. The molecule has 4 nitrogen and oxygen atoms in total. The van der Waals surface area contributed by atoms with E-state index in [1.165, 1.54) is 38.5 Å². The third-order valence-corrected chi connectivity index (χ3v) is 11.0. The Labute approximate surface area is 192 Å². The number of rotatable bonds is 4. The van der Waals surface area contributed by atoms with Crippen molar-refractivity contribution < 1.29 is 9.59 Å². The second-order valence-electron chi connectivity index (χ2n) is 13.5. The lowest BCUT2D eigenvalue weighted by Crippen LogP contribution is -2.57. The zero-order valence-corrected chi connectivity index (χ0v) is 19.5. The van der Waals surface area contributed by atoms with E-state index in [-0.39, 0.29) is 22.9 Å². The Kier molecular flexibility index (Phi) is 4.45. The first-order valence-electron chi connectivity index (χ1n) is 13.8. The van der Waals surface area contributed by atoms with E-state index in [1.54, 1.807) is 0 Å². The van der Waals surface area contributed by atoms with Crippen LogP contribution in [0.15, 0.2) is 12.2 Å². The van der Waals surface area contributed by atoms with Gasteiger partial charge in [-0.15, -0.1) is 0 Å². The average Bonchev–Trinajstić information content (AvgIpc) is 2.72. The number of hydrogen-bond donors (Lipinski definition) is 2. The summed E-state index contributed by atoms with van der Waals surface area (Å²) in [5, 5.41) is 6.91. The molecule has 32 heavy (non-hydrogen) atoms. The molecule has 9 aliphatic rings. The number of carbonyl (C=O) groups is 2. The molecule has 8 saturated carbocycles. The van der Waals surface area contributed by atoms with Crippen LogP contribution in [0.3, 0.4) is 0 Å². The van der Waals surface area contributed by atoms with Gasteiger partial charge in [-0.3, -0.25) is 9.59 Å². The highest BCUT2D eigenvalue weighted by Crippen LogP contribution is 2.61. The summed E-state index contributed by atoms with van der Waals surface area (Å²) in [6.45, 7) is 0. The molecule has 0 aliphatic heterocycles. The number of hydrogen-bond acceptors (Lipinski definition) is 2. The molecule has 0 aromatic carbocycles. The van der Waals surface area contributed by atoms with Gasteiger partial charge in [0.05, 0.1) is 0 Å². The van der Waals surface area contributed by atoms with Gasteiger partial charge < -0.3 is 10.6 Å². The van der Waals surface area contributed by atoms with Crippen molar-refractivity contribution in [2.24, 2.45) is 46.3 Å². The third kappa shape index (κ3) is 3.21. The largest absolute Gasteiger partial charge is 0.352 e. The topological polar surface area (TPSA) is 58.2 Å². The SMILES string of the molecule is O=C(NC1C=CCC(NC(=O)C23CC4CC(CC(C4)C2)C3)C1)C12CC3CC(CC(C3)C1)C2. The fraction of sp³-hybridized carbons (Fsp3) is 0.857. The van der Waals surface area contributed by atoms with Gasteiger partial charge in [0.2, 0.25) is 11.8 Å². The van der Waals surface area contributed by atoms with Crippen molar-refractivity contribution in [1.82, 2.24) is 10.6 Å². The van der Waals surface area contributed by atoms with E-state index in [2.05, 4.69) is 22.8 Å². The lowest BCUT2D eigenvalue weighted by molar-refractivity contribution is -0.147. The van der Waals surface area contributed by atoms with Crippen molar-refractivity contribution in [2.75, 3.05) is 0 Å². The van der Waals surface area contributed by atoms with Crippen LogP contribution in [0.25, 0.3) is 0 Å². The fourth-order valence-corrected chi connectivity index (χ4v) is 10.6. The molecule has 2 amide bonds. The van der Waals surface area contributed by atoms with Gasteiger partial charge in [0.15, 0.2) is 0 Å². The molecule has 0 radical (unpaired) electrons. The smallest absolute Gasteiger partial charge is 0.226 e. The fourth-order valence-electron chi connectivity index (χ4n) is 10.6. The molecule has 2 N–H and O–H groups in total. The molecule has 0 saturated heterocycles. The highest BCUT2D eigenvalue weighted by Gasteiger charge is 2.56. The molecular formula is C28H40N2O2. The lowest BCUT2D eigenvalue weighted by Gasteiger charge is -2.56.